The molecule has 1 radical (unpaired) electrons. The van der Waals surface area contributed by atoms with E-state index < -0.39 is 10.0 Å². The quantitative estimate of drug-likeness (QED) is 0.801. The van der Waals surface area contributed by atoms with Crippen LogP contribution < -0.4 is 10.5 Å². The minimum absolute atomic E-state index is 0.108. The summed E-state index contributed by atoms with van der Waals surface area (Å²) >= 11 is 0.701. The lowest BCUT2D eigenvalue weighted by molar-refractivity contribution is -0.114. The van der Waals surface area contributed by atoms with Gasteiger partial charge in [-0.3, -0.25) is 4.79 Å². The summed E-state index contributed by atoms with van der Waals surface area (Å²) in [7, 11) is -3.82. The van der Waals surface area contributed by atoms with Crippen LogP contribution in [-0.4, -0.2) is 24.5 Å². The third kappa shape index (κ3) is 5.87. The number of benzene rings is 1. The highest BCUT2D eigenvalue weighted by Gasteiger charge is 2.15. The Morgan fingerprint density at radius 2 is 2.15 bits per heavy atom. The first-order valence-corrected chi connectivity index (χ1v) is 7.72. The maximum atomic E-state index is 10.7. The SMILES string of the molecule is CC(=O)Nc1nnc(S(N)(=O)=O)s1.Cc1c[c]ccc1. The van der Waals surface area contributed by atoms with Crippen molar-refractivity contribution in [1.29, 1.82) is 0 Å². The van der Waals surface area contributed by atoms with Gasteiger partial charge in [0.1, 0.15) is 0 Å². The second-order valence-corrected chi connectivity index (χ2v) is 6.39. The van der Waals surface area contributed by atoms with Gasteiger partial charge >= 0.3 is 0 Å². The van der Waals surface area contributed by atoms with Gasteiger partial charge in [-0.2, -0.15) is 0 Å². The van der Waals surface area contributed by atoms with Crippen LogP contribution in [0.1, 0.15) is 12.5 Å². The van der Waals surface area contributed by atoms with Crippen LogP contribution in [0.5, 0.6) is 0 Å². The molecule has 1 aromatic carbocycles. The predicted molar refractivity (Wildman–Crippen MR) is 75.6 cm³/mol. The third-order valence-corrected chi connectivity index (χ3v) is 3.94. The summed E-state index contributed by atoms with van der Waals surface area (Å²) in [4.78, 5) is 10.5. The summed E-state index contributed by atoms with van der Waals surface area (Å²) in [6, 6.07) is 10.8. The maximum Gasteiger partial charge on any atom is 0.267 e. The van der Waals surface area contributed by atoms with Gasteiger partial charge < -0.3 is 5.32 Å². The van der Waals surface area contributed by atoms with Gasteiger partial charge in [-0.05, 0) is 13.0 Å². The van der Waals surface area contributed by atoms with E-state index in [0.717, 1.165) is 0 Å². The molecule has 1 heterocycles. The van der Waals surface area contributed by atoms with Crippen LogP contribution in [-0.2, 0) is 14.8 Å². The lowest BCUT2D eigenvalue weighted by Crippen LogP contribution is -2.11. The number of nitrogens with zero attached hydrogens (tertiary/aromatic N) is 2. The van der Waals surface area contributed by atoms with E-state index in [0.29, 0.717) is 11.3 Å². The zero-order valence-corrected chi connectivity index (χ0v) is 12.5. The molecule has 1 amide bonds. The Hall–Kier alpha value is -1.84. The summed E-state index contributed by atoms with van der Waals surface area (Å²) < 4.78 is 21.1. The van der Waals surface area contributed by atoms with Crippen LogP contribution in [0.4, 0.5) is 5.13 Å². The van der Waals surface area contributed by atoms with Crippen LogP contribution in [0.2, 0.25) is 0 Å². The smallest absolute Gasteiger partial charge is 0.267 e. The van der Waals surface area contributed by atoms with Crippen molar-refractivity contribution in [2.45, 2.75) is 18.2 Å². The zero-order chi connectivity index (χ0) is 15.2. The average molecular weight is 313 g/mol. The Labute approximate surface area is 120 Å². The van der Waals surface area contributed by atoms with E-state index in [1.807, 2.05) is 18.2 Å². The van der Waals surface area contributed by atoms with Gasteiger partial charge in [-0.15, -0.1) is 10.2 Å². The average Bonchev–Trinajstić information content (AvgIpc) is 2.78. The highest BCUT2D eigenvalue weighted by Crippen LogP contribution is 2.17. The van der Waals surface area contributed by atoms with E-state index in [4.69, 9.17) is 5.14 Å². The first-order valence-electron chi connectivity index (χ1n) is 5.35. The summed E-state index contributed by atoms with van der Waals surface area (Å²) in [6.07, 6.45) is 0. The molecule has 1 aromatic heterocycles. The number of amides is 1. The Kier molecular flexibility index (Phi) is 5.74. The van der Waals surface area contributed by atoms with E-state index in [1.54, 1.807) is 0 Å². The van der Waals surface area contributed by atoms with Gasteiger partial charge in [0.25, 0.3) is 10.0 Å². The van der Waals surface area contributed by atoms with Crippen molar-refractivity contribution in [2.75, 3.05) is 5.32 Å². The van der Waals surface area contributed by atoms with E-state index in [1.165, 1.54) is 12.5 Å². The molecular weight excluding hydrogens is 300 g/mol. The highest BCUT2D eigenvalue weighted by molar-refractivity contribution is 7.91. The number of anilines is 1. The first kappa shape index (κ1) is 16.2. The van der Waals surface area contributed by atoms with Crippen LogP contribution in [0.25, 0.3) is 0 Å². The minimum atomic E-state index is -3.82. The Morgan fingerprint density at radius 3 is 2.50 bits per heavy atom. The van der Waals surface area contributed by atoms with Gasteiger partial charge in [0.15, 0.2) is 0 Å². The number of nitrogens with two attached hydrogens (primary N) is 1. The molecule has 0 saturated heterocycles. The molecule has 0 saturated carbocycles. The standard InChI is InChI=1S/C7H7.C4H6N4O3S2/c1-7-5-3-2-4-6-7;1-2(9)6-3-7-8-4(12-3)13(5,10)11/h2-3,5-6H,1H3;1H3,(H2,5,10,11)(H,6,7,9). The van der Waals surface area contributed by atoms with E-state index in [-0.39, 0.29) is 15.4 Å². The number of rotatable bonds is 2. The van der Waals surface area contributed by atoms with Crippen LogP contribution >= 0.6 is 11.3 Å². The van der Waals surface area contributed by atoms with Crippen molar-refractivity contribution in [2.24, 2.45) is 5.14 Å². The van der Waals surface area contributed by atoms with Crippen molar-refractivity contribution in [3.63, 3.8) is 0 Å². The lowest BCUT2D eigenvalue weighted by atomic mass is 10.2. The fourth-order valence-electron chi connectivity index (χ4n) is 1.01. The van der Waals surface area contributed by atoms with Crippen molar-refractivity contribution >= 4 is 32.4 Å². The second-order valence-electron chi connectivity index (χ2n) is 3.68. The number of hydrogen-bond acceptors (Lipinski definition) is 6. The van der Waals surface area contributed by atoms with Crippen molar-refractivity contribution in [3.05, 3.63) is 35.9 Å². The summed E-state index contributed by atoms with van der Waals surface area (Å²) in [5, 5.41) is 13.8. The summed E-state index contributed by atoms with van der Waals surface area (Å²) in [6.45, 7) is 3.33. The molecule has 2 rings (SSSR count). The second kappa shape index (κ2) is 7.08. The fraction of sp³-hybridized carbons (Fsp3) is 0.182. The van der Waals surface area contributed by atoms with Gasteiger partial charge in [0, 0.05) is 6.92 Å². The number of nitrogens with one attached hydrogen (secondary N) is 1. The molecule has 0 aliphatic heterocycles. The molecule has 0 fully saturated rings. The van der Waals surface area contributed by atoms with Gasteiger partial charge in [-0.25, -0.2) is 13.6 Å². The molecule has 9 heteroatoms. The van der Waals surface area contributed by atoms with Crippen LogP contribution in [0.3, 0.4) is 0 Å². The molecule has 0 aliphatic carbocycles. The van der Waals surface area contributed by atoms with Crippen molar-refractivity contribution < 1.29 is 13.2 Å². The Balaban J connectivity index is 0.000000240. The number of primary sulfonamides is 1. The molecule has 107 valence electrons. The van der Waals surface area contributed by atoms with E-state index in [9.17, 15) is 13.2 Å². The number of hydrogen-bond donors (Lipinski definition) is 2. The molecule has 2 aromatic rings. The van der Waals surface area contributed by atoms with E-state index >= 15 is 0 Å². The Morgan fingerprint density at radius 1 is 1.45 bits per heavy atom. The molecule has 7 nitrogen and oxygen atoms in total. The zero-order valence-electron chi connectivity index (χ0n) is 10.8. The number of aryl methyl sites for hydroxylation is 1. The highest BCUT2D eigenvalue weighted by atomic mass is 32.2. The largest absolute Gasteiger partial charge is 0.301 e. The fourth-order valence-corrected chi connectivity index (χ4v) is 2.39. The number of carbonyl (C=O) groups excluding carboxylic acids is 1. The van der Waals surface area contributed by atoms with E-state index in [2.05, 4.69) is 34.6 Å². The molecule has 3 N–H and O–H groups in total. The summed E-state index contributed by atoms with van der Waals surface area (Å²) in [5.41, 5.74) is 1.27. The predicted octanol–water partition coefficient (Wildman–Crippen LogP) is 0.939. The van der Waals surface area contributed by atoms with Crippen LogP contribution in [0.15, 0.2) is 28.6 Å². The molecular formula is C11H13N4O3S2. The monoisotopic (exact) mass is 313 g/mol. The molecule has 0 spiro atoms. The minimum Gasteiger partial charge on any atom is -0.301 e. The lowest BCUT2D eigenvalue weighted by Gasteiger charge is -1.90. The number of aromatic nitrogens is 2. The van der Waals surface area contributed by atoms with Gasteiger partial charge in [0.05, 0.1) is 0 Å². The van der Waals surface area contributed by atoms with Gasteiger partial charge in [-0.1, -0.05) is 41.2 Å². The molecule has 0 bridgehead atoms. The first-order chi connectivity index (χ1) is 9.29. The molecule has 20 heavy (non-hydrogen) atoms. The van der Waals surface area contributed by atoms with Crippen molar-refractivity contribution in [1.82, 2.24) is 10.2 Å². The van der Waals surface area contributed by atoms with Gasteiger partial charge in [0.2, 0.25) is 15.4 Å². The van der Waals surface area contributed by atoms with Crippen LogP contribution in [0, 0.1) is 13.0 Å². The molecule has 0 aliphatic rings. The number of sulfonamides is 1. The summed E-state index contributed by atoms with van der Waals surface area (Å²) in [5.74, 6) is -0.350. The maximum absolute atomic E-state index is 10.7. The number of carbonyl (C=O) groups is 1. The normalized spacial score (nSPS) is 10.3. The molecule has 0 atom stereocenters. The molecule has 0 unspecified atom stereocenters. The Bertz CT molecular complexity index is 668. The topological polar surface area (TPSA) is 115 Å². The van der Waals surface area contributed by atoms with Crippen molar-refractivity contribution in [3.8, 4) is 0 Å². The third-order valence-electron chi connectivity index (χ3n) is 1.80.